The van der Waals surface area contributed by atoms with Crippen LogP contribution in [0.25, 0.3) is 0 Å². The molecule has 3 saturated heterocycles. The van der Waals surface area contributed by atoms with Gasteiger partial charge in [-0.2, -0.15) is 0 Å². The minimum absolute atomic E-state index is 0.0505. The van der Waals surface area contributed by atoms with E-state index in [1.165, 1.54) is 11.9 Å². The highest BCUT2D eigenvalue weighted by atomic mass is 19.1. The highest BCUT2D eigenvalue weighted by Gasteiger charge is 2.53. The maximum absolute atomic E-state index is 13.8. The van der Waals surface area contributed by atoms with E-state index in [0.29, 0.717) is 17.4 Å². The van der Waals surface area contributed by atoms with Gasteiger partial charge < -0.3 is 9.80 Å². The van der Waals surface area contributed by atoms with E-state index in [1.54, 1.807) is 23.1 Å². The monoisotopic (exact) mass is 412 g/mol. The Hall–Kier alpha value is -2.68. The molecule has 5 heterocycles. The number of halogens is 1. The molecule has 158 valence electrons. The zero-order valence-corrected chi connectivity index (χ0v) is 17.0. The lowest BCUT2D eigenvalue weighted by Gasteiger charge is -2.44. The first kappa shape index (κ1) is 18.1. The maximum Gasteiger partial charge on any atom is 0.339 e. The molecular weight excluding hydrogens is 387 g/mol. The van der Waals surface area contributed by atoms with Crippen LogP contribution < -0.4 is 5.43 Å². The number of aliphatic imine (C=N–C) groups is 1. The fourth-order valence-electron chi connectivity index (χ4n) is 5.45. The fraction of sp³-hybridized carbons (Fsp3) is 0.571. The van der Waals surface area contributed by atoms with Gasteiger partial charge in [0.05, 0.1) is 18.7 Å². The first-order chi connectivity index (χ1) is 14.3. The number of hydrogen-bond donors (Lipinski definition) is 1. The Bertz CT molecular complexity index is 947. The van der Waals surface area contributed by atoms with Crippen LogP contribution in [0.3, 0.4) is 0 Å². The number of allylic oxidation sites excluding steroid dienone is 1. The number of nitrogens with one attached hydrogen (secondary N) is 1. The molecule has 0 aromatic heterocycles. The molecule has 5 aliphatic heterocycles. The van der Waals surface area contributed by atoms with Gasteiger partial charge in [-0.05, 0) is 37.3 Å². The minimum Gasteiger partial charge on any atom is -0.349 e. The molecule has 0 spiro atoms. The van der Waals surface area contributed by atoms with Gasteiger partial charge >= 0.3 is 6.03 Å². The number of urea groups is 1. The standard InChI is InChI=1S/C21H25FN6O2/c1-21(22)10-26(11-21)19(29)12-5-16-15-6-13(15)9-28(18(16)23-8-12)14-3-4-27-17(7-14)24-25(2)20(27)30/h3-5,7-8,13,15-18,24H,6,9-11H2,1-2H3. The van der Waals surface area contributed by atoms with E-state index in [0.717, 1.165) is 18.7 Å². The molecule has 1 saturated carbocycles. The number of carbonyl (C=O) groups is 2. The van der Waals surface area contributed by atoms with Crippen molar-refractivity contribution >= 4 is 18.2 Å². The van der Waals surface area contributed by atoms with Crippen molar-refractivity contribution in [2.75, 3.05) is 26.7 Å². The van der Waals surface area contributed by atoms with Crippen molar-refractivity contribution in [2.24, 2.45) is 22.7 Å². The third-order valence-corrected chi connectivity index (χ3v) is 7.08. The van der Waals surface area contributed by atoms with Crippen molar-refractivity contribution in [3.05, 3.63) is 35.7 Å². The van der Waals surface area contributed by atoms with Gasteiger partial charge in [-0.15, -0.1) is 0 Å². The topological polar surface area (TPSA) is 71.5 Å². The van der Waals surface area contributed by atoms with Crippen LogP contribution in [0.15, 0.2) is 40.7 Å². The third-order valence-electron chi connectivity index (χ3n) is 7.08. The average Bonchev–Trinajstić information content (AvgIpc) is 3.44. The molecule has 5 unspecified atom stereocenters. The number of carbonyl (C=O) groups excluding carboxylic acids is 2. The number of hydrogen-bond acceptors (Lipinski definition) is 5. The zero-order valence-electron chi connectivity index (χ0n) is 17.0. The third kappa shape index (κ3) is 2.64. The summed E-state index contributed by atoms with van der Waals surface area (Å²) in [5.41, 5.74) is 3.51. The number of piperidine rings is 1. The van der Waals surface area contributed by atoms with Gasteiger partial charge in [0, 0.05) is 37.6 Å². The summed E-state index contributed by atoms with van der Waals surface area (Å²) in [5, 5.41) is 1.49. The minimum atomic E-state index is -1.27. The van der Waals surface area contributed by atoms with Gasteiger partial charge in [-0.1, -0.05) is 6.08 Å². The van der Waals surface area contributed by atoms with Gasteiger partial charge in [0.25, 0.3) is 5.91 Å². The summed E-state index contributed by atoms with van der Waals surface area (Å²) in [5.74, 6) is 1.21. The van der Waals surface area contributed by atoms with Crippen molar-refractivity contribution in [3.63, 3.8) is 0 Å². The van der Waals surface area contributed by atoms with Crippen molar-refractivity contribution in [1.82, 2.24) is 25.1 Å². The summed E-state index contributed by atoms with van der Waals surface area (Å²) in [6, 6.07) is -0.0810. The molecule has 1 aliphatic carbocycles. The number of fused-ring (bicyclic) bond motifs is 4. The molecule has 0 bridgehead atoms. The number of likely N-dealkylation sites (tertiary alicyclic amines) is 2. The first-order valence-corrected chi connectivity index (χ1v) is 10.5. The molecule has 0 aromatic carbocycles. The molecule has 9 heteroatoms. The van der Waals surface area contributed by atoms with E-state index in [4.69, 9.17) is 4.99 Å². The van der Waals surface area contributed by atoms with E-state index in [1.807, 2.05) is 12.3 Å². The quantitative estimate of drug-likeness (QED) is 0.737. The van der Waals surface area contributed by atoms with Crippen molar-refractivity contribution < 1.29 is 14.0 Å². The SMILES string of the molecule is CN1NC2C=C(N3CC4CC4C4C=C(C(=O)N5CC(C)(F)C5)C=NC43)C=CN2C1=O. The van der Waals surface area contributed by atoms with Gasteiger partial charge in [0.1, 0.15) is 18.0 Å². The molecule has 1 N–H and O–H groups in total. The van der Waals surface area contributed by atoms with Gasteiger partial charge in [-0.25, -0.2) is 14.6 Å². The lowest BCUT2D eigenvalue weighted by molar-refractivity contribution is -0.139. The predicted molar refractivity (Wildman–Crippen MR) is 107 cm³/mol. The van der Waals surface area contributed by atoms with Crippen LogP contribution >= 0.6 is 0 Å². The summed E-state index contributed by atoms with van der Waals surface area (Å²) in [6.45, 7) is 2.76. The molecule has 30 heavy (non-hydrogen) atoms. The van der Waals surface area contributed by atoms with E-state index < -0.39 is 5.67 Å². The maximum atomic E-state index is 13.8. The van der Waals surface area contributed by atoms with Gasteiger partial charge in [-0.3, -0.25) is 19.7 Å². The van der Waals surface area contributed by atoms with Crippen molar-refractivity contribution in [3.8, 4) is 0 Å². The lowest BCUT2D eigenvalue weighted by Crippen LogP contribution is -2.59. The van der Waals surface area contributed by atoms with Crippen LogP contribution in [0.1, 0.15) is 13.3 Å². The Labute approximate surface area is 174 Å². The summed E-state index contributed by atoms with van der Waals surface area (Å²) < 4.78 is 13.8. The van der Waals surface area contributed by atoms with Crippen LogP contribution in [-0.2, 0) is 4.79 Å². The summed E-state index contributed by atoms with van der Waals surface area (Å²) in [6.07, 6.45) is 10.5. The molecule has 0 radical (unpaired) electrons. The van der Waals surface area contributed by atoms with E-state index in [2.05, 4.69) is 22.5 Å². The average molecular weight is 412 g/mol. The number of hydrazine groups is 1. The zero-order chi connectivity index (χ0) is 20.8. The largest absolute Gasteiger partial charge is 0.349 e. The molecule has 5 atom stereocenters. The molecule has 4 fully saturated rings. The predicted octanol–water partition coefficient (Wildman–Crippen LogP) is 1.07. The van der Waals surface area contributed by atoms with Gasteiger partial charge in [0.2, 0.25) is 0 Å². The van der Waals surface area contributed by atoms with Crippen molar-refractivity contribution in [1.29, 1.82) is 0 Å². The summed E-state index contributed by atoms with van der Waals surface area (Å²) in [7, 11) is 1.71. The summed E-state index contributed by atoms with van der Waals surface area (Å²) in [4.78, 5) is 35.2. The van der Waals surface area contributed by atoms with Crippen LogP contribution in [-0.4, -0.2) is 82.5 Å². The number of nitrogens with zero attached hydrogens (tertiary/aromatic N) is 5. The van der Waals surface area contributed by atoms with Crippen LogP contribution in [0.2, 0.25) is 0 Å². The molecule has 0 aromatic rings. The van der Waals surface area contributed by atoms with E-state index in [-0.39, 0.29) is 43.3 Å². The molecule has 6 rings (SSSR count). The van der Waals surface area contributed by atoms with Crippen molar-refractivity contribution in [2.45, 2.75) is 31.3 Å². The Balaban J connectivity index is 1.23. The molecular formula is C21H25FN6O2. The Morgan fingerprint density at radius 3 is 2.90 bits per heavy atom. The molecule has 3 amide bonds. The Morgan fingerprint density at radius 1 is 1.33 bits per heavy atom. The van der Waals surface area contributed by atoms with Gasteiger partial charge in [0.15, 0.2) is 0 Å². The first-order valence-electron chi connectivity index (χ1n) is 10.5. The van der Waals surface area contributed by atoms with E-state index >= 15 is 0 Å². The van der Waals surface area contributed by atoms with Crippen LogP contribution in [0, 0.1) is 17.8 Å². The normalized spacial score (nSPS) is 37.8. The number of alkyl halides is 1. The summed E-state index contributed by atoms with van der Waals surface area (Å²) >= 11 is 0. The highest BCUT2D eigenvalue weighted by molar-refractivity contribution is 6.12. The van der Waals surface area contributed by atoms with Crippen LogP contribution in [0.5, 0.6) is 0 Å². The lowest BCUT2D eigenvalue weighted by atomic mass is 9.88. The van der Waals surface area contributed by atoms with E-state index in [9.17, 15) is 14.0 Å². The number of dihydropyridines is 1. The molecule has 8 nitrogen and oxygen atoms in total. The molecule has 6 aliphatic rings. The second-order valence-electron chi connectivity index (χ2n) is 9.51. The second-order valence-corrected chi connectivity index (χ2v) is 9.51. The Kier molecular flexibility index (Phi) is 3.58. The number of amides is 3. The fourth-order valence-corrected chi connectivity index (χ4v) is 5.45. The Morgan fingerprint density at radius 2 is 2.13 bits per heavy atom. The number of rotatable bonds is 2. The second kappa shape index (κ2) is 5.94. The van der Waals surface area contributed by atoms with Crippen LogP contribution in [0.4, 0.5) is 9.18 Å². The highest BCUT2D eigenvalue weighted by Crippen LogP contribution is 2.53. The smallest absolute Gasteiger partial charge is 0.339 e.